The van der Waals surface area contributed by atoms with Gasteiger partial charge in [0.15, 0.2) is 0 Å². The van der Waals surface area contributed by atoms with Crippen LogP contribution in [0.3, 0.4) is 0 Å². The number of carbonyl (C=O) groups is 2. The Morgan fingerprint density at radius 1 is 0.939 bits per heavy atom. The summed E-state index contributed by atoms with van der Waals surface area (Å²) in [4.78, 5) is 31.8. The van der Waals surface area contributed by atoms with Gasteiger partial charge in [0.1, 0.15) is 17.8 Å². The SMILES string of the molecule is CC(OC(=O)NC(=N)c1cccc(N(CC(=O)Nc2ccc(-c3ccccc3S(N)(=O)=O)cc2)Cc2ccc(F)cc2)c1)c1ccccn1. The summed E-state index contributed by atoms with van der Waals surface area (Å²) in [5.41, 5.74) is 3.73. The average molecular weight is 681 g/mol. The van der Waals surface area contributed by atoms with Crippen LogP contribution in [0.2, 0.25) is 0 Å². The molecule has 49 heavy (non-hydrogen) atoms. The van der Waals surface area contributed by atoms with Gasteiger partial charge in [-0.15, -0.1) is 0 Å². The van der Waals surface area contributed by atoms with Crippen LogP contribution >= 0.6 is 0 Å². The highest BCUT2D eigenvalue weighted by Gasteiger charge is 2.18. The lowest BCUT2D eigenvalue weighted by molar-refractivity contribution is -0.115. The molecule has 0 radical (unpaired) electrons. The van der Waals surface area contributed by atoms with Crippen LogP contribution in [0.1, 0.15) is 29.8 Å². The van der Waals surface area contributed by atoms with Crippen molar-refractivity contribution in [2.45, 2.75) is 24.5 Å². The Balaban J connectivity index is 1.30. The van der Waals surface area contributed by atoms with E-state index in [1.165, 1.54) is 18.2 Å². The third kappa shape index (κ3) is 9.34. The lowest BCUT2D eigenvalue weighted by Gasteiger charge is -2.25. The van der Waals surface area contributed by atoms with E-state index in [1.54, 1.807) is 115 Å². The van der Waals surface area contributed by atoms with Gasteiger partial charge in [0.05, 0.1) is 17.1 Å². The Bertz CT molecular complexity index is 2060. The zero-order chi connectivity index (χ0) is 35.0. The molecule has 0 saturated heterocycles. The van der Waals surface area contributed by atoms with Crippen molar-refractivity contribution in [3.05, 3.63) is 144 Å². The number of nitrogens with one attached hydrogen (secondary N) is 3. The number of primary sulfonamides is 1. The summed E-state index contributed by atoms with van der Waals surface area (Å²) < 4.78 is 43.1. The summed E-state index contributed by atoms with van der Waals surface area (Å²) in [5.74, 6) is -0.977. The maximum Gasteiger partial charge on any atom is 0.413 e. The van der Waals surface area contributed by atoms with E-state index >= 15 is 0 Å². The number of anilines is 2. The molecule has 1 atom stereocenters. The molecule has 0 saturated carbocycles. The van der Waals surface area contributed by atoms with Crippen molar-refractivity contribution in [3.63, 3.8) is 0 Å². The monoisotopic (exact) mass is 680 g/mol. The Labute approximate surface area is 283 Å². The summed E-state index contributed by atoms with van der Waals surface area (Å²) in [6.07, 6.45) is 0.128. The second-order valence-electron chi connectivity index (χ2n) is 11.0. The number of nitrogens with zero attached hydrogens (tertiary/aromatic N) is 2. The number of amides is 2. The molecule has 0 fully saturated rings. The number of sulfonamides is 1. The first kappa shape index (κ1) is 34.4. The summed E-state index contributed by atoms with van der Waals surface area (Å²) in [6.45, 7) is 1.78. The van der Waals surface area contributed by atoms with Crippen molar-refractivity contribution >= 4 is 39.2 Å². The van der Waals surface area contributed by atoms with E-state index < -0.39 is 28.0 Å². The third-order valence-electron chi connectivity index (χ3n) is 7.41. The minimum atomic E-state index is -3.95. The van der Waals surface area contributed by atoms with E-state index in [9.17, 15) is 22.4 Å². The first-order chi connectivity index (χ1) is 23.5. The molecule has 0 aliphatic carbocycles. The highest BCUT2D eigenvalue weighted by molar-refractivity contribution is 7.89. The molecule has 5 aromatic rings. The van der Waals surface area contributed by atoms with Crippen LogP contribution in [-0.4, -0.2) is 37.8 Å². The number of aromatic nitrogens is 1. The van der Waals surface area contributed by atoms with Crippen LogP contribution in [0, 0.1) is 11.2 Å². The number of amidine groups is 1. The second-order valence-corrected chi connectivity index (χ2v) is 12.5. The first-order valence-corrected chi connectivity index (χ1v) is 16.6. The van der Waals surface area contributed by atoms with Crippen LogP contribution in [0.5, 0.6) is 0 Å². The summed E-state index contributed by atoms with van der Waals surface area (Å²) in [5, 5.41) is 19.2. The molecule has 0 bridgehead atoms. The van der Waals surface area contributed by atoms with Gasteiger partial charge in [-0.1, -0.05) is 60.7 Å². The van der Waals surface area contributed by atoms with Crippen LogP contribution < -0.4 is 20.7 Å². The molecule has 4 aromatic carbocycles. The molecular formula is C36H33FN6O5S. The lowest BCUT2D eigenvalue weighted by Crippen LogP contribution is -2.34. The number of ether oxygens (including phenoxy) is 1. The minimum Gasteiger partial charge on any atom is -0.440 e. The highest BCUT2D eigenvalue weighted by Crippen LogP contribution is 2.28. The zero-order valence-electron chi connectivity index (χ0n) is 26.3. The zero-order valence-corrected chi connectivity index (χ0v) is 27.2. The molecular weight excluding hydrogens is 647 g/mol. The number of hydrogen-bond acceptors (Lipinski definition) is 8. The van der Waals surface area contributed by atoms with Crippen LogP contribution in [0.4, 0.5) is 20.6 Å². The standard InChI is InChI=1S/C36H33FN6O5S/c1-24(32-10-4-5-20-40-32)48-36(45)42-35(38)27-7-6-8-30(21-27)43(22-25-12-16-28(37)17-13-25)23-34(44)41-29-18-14-26(15-19-29)31-9-2-3-11-33(31)49(39,46)47/h2-21,24H,22-23H2,1H3,(H,41,44)(H2,38,42,45)(H2,39,46,47). The molecule has 1 heterocycles. The van der Waals surface area contributed by atoms with Crippen molar-refractivity contribution in [2.24, 2.45) is 5.14 Å². The summed E-state index contributed by atoms with van der Waals surface area (Å²) in [6, 6.07) is 30.9. The smallest absolute Gasteiger partial charge is 0.413 e. The van der Waals surface area contributed by atoms with Crippen molar-refractivity contribution in [1.82, 2.24) is 10.3 Å². The Morgan fingerprint density at radius 2 is 1.65 bits per heavy atom. The maximum atomic E-state index is 13.7. The van der Waals surface area contributed by atoms with Crippen molar-refractivity contribution in [1.29, 1.82) is 5.41 Å². The van der Waals surface area contributed by atoms with Gasteiger partial charge in [-0.05, 0) is 72.6 Å². The van der Waals surface area contributed by atoms with Gasteiger partial charge in [0.2, 0.25) is 15.9 Å². The van der Waals surface area contributed by atoms with E-state index in [2.05, 4.69) is 15.6 Å². The molecule has 1 aromatic heterocycles. The normalized spacial score (nSPS) is 11.7. The maximum absolute atomic E-state index is 13.7. The lowest BCUT2D eigenvalue weighted by atomic mass is 10.1. The van der Waals surface area contributed by atoms with E-state index in [0.717, 1.165) is 5.56 Å². The fourth-order valence-electron chi connectivity index (χ4n) is 5.01. The summed E-state index contributed by atoms with van der Waals surface area (Å²) >= 11 is 0. The van der Waals surface area contributed by atoms with Crippen LogP contribution in [-0.2, 0) is 26.1 Å². The van der Waals surface area contributed by atoms with Gasteiger partial charge in [-0.3, -0.25) is 20.5 Å². The molecule has 11 nitrogen and oxygen atoms in total. The van der Waals surface area contributed by atoms with E-state index in [4.69, 9.17) is 15.3 Å². The number of carbonyl (C=O) groups excluding carboxylic acids is 2. The molecule has 0 aliphatic rings. The summed E-state index contributed by atoms with van der Waals surface area (Å²) in [7, 11) is -3.95. The molecule has 0 aliphatic heterocycles. The van der Waals surface area contributed by atoms with Gasteiger partial charge in [0.25, 0.3) is 0 Å². The number of benzene rings is 4. The van der Waals surface area contributed by atoms with Gasteiger partial charge in [0, 0.05) is 35.2 Å². The molecule has 250 valence electrons. The van der Waals surface area contributed by atoms with E-state index in [-0.39, 0.29) is 29.7 Å². The Morgan fingerprint density at radius 3 is 2.35 bits per heavy atom. The topological polar surface area (TPSA) is 168 Å². The molecule has 1 unspecified atom stereocenters. The van der Waals surface area contributed by atoms with Gasteiger partial charge < -0.3 is 15.0 Å². The van der Waals surface area contributed by atoms with Gasteiger partial charge >= 0.3 is 6.09 Å². The van der Waals surface area contributed by atoms with Crippen molar-refractivity contribution < 1.29 is 27.1 Å². The number of pyridine rings is 1. The quantitative estimate of drug-likeness (QED) is 0.0981. The third-order valence-corrected chi connectivity index (χ3v) is 8.38. The fourth-order valence-corrected chi connectivity index (χ4v) is 5.77. The van der Waals surface area contributed by atoms with Crippen molar-refractivity contribution in [2.75, 3.05) is 16.8 Å². The number of nitrogens with two attached hydrogens (primary N) is 1. The van der Waals surface area contributed by atoms with E-state index in [1.807, 2.05) is 0 Å². The minimum absolute atomic E-state index is 0.00957. The largest absolute Gasteiger partial charge is 0.440 e. The first-order valence-electron chi connectivity index (χ1n) is 15.1. The second kappa shape index (κ2) is 15.3. The molecule has 13 heteroatoms. The Kier molecular flexibility index (Phi) is 10.8. The number of rotatable bonds is 11. The average Bonchev–Trinajstić information content (AvgIpc) is 3.09. The molecule has 5 N–H and O–H groups in total. The van der Waals surface area contributed by atoms with Crippen LogP contribution in [0.15, 0.2) is 126 Å². The molecule has 5 rings (SSSR count). The van der Waals surface area contributed by atoms with Gasteiger partial charge in [-0.25, -0.2) is 22.7 Å². The number of halogens is 1. The molecule has 2 amide bonds. The van der Waals surface area contributed by atoms with Crippen LogP contribution in [0.25, 0.3) is 11.1 Å². The Hall–Kier alpha value is -5.92. The van der Waals surface area contributed by atoms with E-state index in [0.29, 0.717) is 33.8 Å². The van der Waals surface area contributed by atoms with Gasteiger partial charge in [-0.2, -0.15) is 0 Å². The molecule has 0 spiro atoms. The predicted molar refractivity (Wildman–Crippen MR) is 185 cm³/mol. The number of hydrogen-bond donors (Lipinski definition) is 4. The fraction of sp³-hybridized carbons (Fsp3) is 0.111. The predicted octanol–water partition coefficient (Wildman–Crippen LogP) is 5.99. The highest BCUT2D eigenvalue weighted by atomic mass is 32.2. The van der Waals surface area contributed by atoms with Crippen molar-refractivity contribution in [3.8, 4) is 11.1 Å². The number of alkyl carbamates (subject to hydrolysis) is 1.